The van der Waals surface area contributed by atoms with E-state index < -0.39 is 22.6 Å². The summed E-state index contributed by atoms with van der Waals surface area (Å²) in [6, 6.07) is 15.9. The number of fused-ring (bicyclic) bond motifs is 8. The van der Waals surface area contributed by atoms with Gasteiger partial charge in [0.2, 0.25) is 0 Å². The van der Waals surface area contributed by atoms with Gasteiger partial charge in [0, 0.05) is 48.3 Å². The number of halogens is 1. The molecule has 6 saturated heterocycles. The third kappa shape index (κ3) is 9.23. The highest BCUT2D eigenvalue weighted by atomic mass is 35.5. The Balaban J connectivity index is 0.000000182. The number of benzene rings is 2. The van der Waals surface area contributed by atoms with Crippen molar-refractivity contribution < 1.29 is 37.2 Å². The fourth-order valence-corrected chi connectivity index (χ4v) is 8.89. The smallest absolute Gasteiger partial charge is 0.394 e. The first kappa shape index (κ1) is 41.5. The van der Waals surface area contributed by atoms with Crippen LogP contribution >= 0.6 is 12.4 Å². The number of hydrogen-bond acceptors (Lipinski definition) is 10. The molecule has 0 amide bonds. The van der Waals surface area contributed by atoms with Gasteiger partial charge >= 0.3 is 10.4 Å². The van der Waals surface area contributed by atoms with Gasteiger partial charge < -0.3 is 19.7 Å². The number of piperidine rings is 6. The molecule has 0 aliphatic carbocycles. The number of aliphatic hydroxyl groups excluding tert-OH is 2. The average Bonchev–Trinajstić information content (AvgIpc) is 3.19. The van der Waals surface area contributed by atoms with Gasteiger partial charge in [0.25, 0.3) is 0 Å². The van der Waals surface area contributed by atoms with Crippen LogP contribution in [-0.4, -0.2) is 100.0 Å². The Morgan fingerprint density at radius 2 is 1.13 bits per heavy atom. The van der Waals surface area contributed by atoms with E-state index in [4.69, 9.17) is 27.0 Å². The first-order valence-corrected chi connectivity index (χ1v) is 19.5. The van der Waals surface area contributed by atoms with Crippen LogP contribution in [0, 0.1) is 23.7 Å². The van der Waals surface area contributed by atoms with Crippen LogP contribution in [0.5, 0.6) is 11.5 Å². The number of rotatable bonds is 8. The third-order valence-electron chi connectivity index (χ3n) is 11.6. The van der Waals surface area contributed by atoms with E-state index in [0.717, 1.165) is 83.5 Å². The van der Waals surface area contributed by atoms with Gasteiger partial charge in [0.05, 0.1) is 37.5 Å². The average molecular weight is 783 g/mol. The Morgan fingerprint density at radius 3 is 1.44 bits per heavy atom. The lowest BCUT2D eigenvalue weighted by Crippen LogP contribution is -2.54. The second kappa shape index (κ2) is 17.9. The predicted octanol–water partition coefficient (Wildman–Crippen LogP) is 6.12. The molecule has 2 aromatic carbocycles. The lowest BCUT2D eigenvalue weighted by Gasteiger charge is -2.50. The van der Waals surface area contributed by atoms with Crippen LogP contribution < -0.4 is 9.47 Å². The van der Waals surface area contributed by atoms with Gasteiger partial charge in [0.15, 0.2) is 0 Å². The van der Waals surface area contributed by atoms with Crippen LogP contribution in [0.25, 0.3) is 21.8 Å². The number of aliphatic hydroxyl groups is 2. The molecular weight excluding hydrogens is 732 g/mol. The van der Waals surface area contributed by atoms with Gasteiger partial charge in [0.1, 0.15) is 11.5 Å². The molecule has 6 aliphatic rings. The summed E-state index contributed by atoms with van der Waals surface area (Å²) in [6.07, 6.45) is 11.2. The van der Waals surface area contributed by atoms with Gasteiger partial charge in [-0.2, -0.15) is 8.42 Å². The lowest BCUT2D eigenvalue weighted by atomic mass is 9.73. The Morgan fingerprint density at radius 1 is 0.741 bits per heavy atom. The minimum Gasteiger partial charge on any atom is -0.497 e. The molecule has 6 aliphatic heterocycles. The zero-order valence-electron chi connectivity index (χ0n) is 30.6. The molecule has 4 bridgehead atoms. The van der Waals surface area contributed by atoms with Crippen molar-refractivity contribution >= 4 is 44.6 Å². The quantitative estimate of drug-likeness (QED) is 0.120. The van der Waals surface area contributed by atoms with Crippen molar-refractivity contribution in [3.8, 4) is 11.5 Å². The van der Waals surface area contributed by atoms with Crippen LogP contribution in [0.1, 0.15) is 49.0 Å². The van der Waals surface area contributed by atoms with Crippen molar-refractivity contribution in [3.63, 3.8) is 0 Å². The zero-order valence-corrected chi connectivity index (χ0v) is 32.3. The number of hydrogen-bond donors (Lipinski definition) is 4. The molecule has 0 radical (unpaired) electrons. The van der Waals surface area contributed by atoms with Gasteiger partial charge in [-0.3, -0.25) is 28.9 Å². The van der Waals surface area contributed by atoms with E-state index >= 15 is 0 Å². The van der Waals surface area contributed by atoms with Crippen LogP contribution in [0.2, 0.25) is 0 Å². The van der Waals surface area contributed by atoms with E-state index in [1.54, 1.807) is 26.6 Å². The third-order valence-corrected chi connectivity index (χ3v) is 11.6. The van der Waals surface area contributed by atoms with Crippen molar-refractivity contribution in [3.05, 3.63) is 97.4 Å². The predicted molar refractivity (Wildman–Crippen MR) is 211 cm³/mol. The molecule has 4 N–H and O–H groups in total. The van der Waals surface area contributed by atoms with E-state index in [1.807, 2.05) is 48.5 Å². The van der Waals surface area contributed by atoms with Gasteiger partial charge in [-0.1, -0.05) is 12.2 Å². The SMILES string of the molecule is C=C[C@H]1C[N@]2CC[C@H]1C[C@H]2[C@H](O)c1ccnc2ccc(OC)cc12.C=C[C@H]1C[N@]2CC[C@H]1C[C@H]2[C@H](O)c1ccnc2ccc(OC)cc12.Cl.O=S(=O)(O)O. The lowest BCUT2D eigenvalue weighted by molar-refractivity contribution is -0.0445. The molecule has 8 heterocycles. The summed E-state index contributed by atoms with van der Waals surface area (Å²) in [4.78, 5) is 13.7. The van der Waals surface area contributed by atoms with E-state index in [9.17, 15) is 10.2 Å². The molecular formula is C40H51ClN4O8S. The van der Waals surface area contributed by atoms with Crippen molar-refractivity contribution in [1.29, 1.82) is 0 Å². The summed E-state index contributed by atoms with van der Waals surface area (Å²) >= 11 is 0. The summed E-state index contributed by atoms with van der Waals surface area (Å²) in [6.45, 7) is 12.1. The van der Waals surface area contributed by atoms with Crippen LogP contribution in [0.4, 0.5) is 0 Å². The number of ether oxygens (including phenoxy) is 2. The molecule has 14 heteroatoms. The largest absolute Gasteiger partial charge is 0.497 e. The van der Waals surface area contributed by atoms with E-state index in [0.29, 0.717) is 23.7 Å². The molecule has 0 saturated carbocycles. The second-order valence-corrected chi connectivity index (χ2v) is 15.3. The van der Waals surface area contributed by atoms with Crippen molar-refractivity contribution in [2.75, 3.05) is 40.4 Å². The maximum absolute atomic E-state index is 11.2. The van der Waals surface area contributed by atoms with Crippen LogP contribution in [0.3, 0.4) is 0 Å². The molecule has 10 atom stereocenters. The topological polar surface area (TPSA) is 166 Å². The number of nitrogens with zero attached hydrogens (tertiary/aromatic N) is 4. The maximum atomic E-state index is 11.2. The van der Waals surface area contributed by atoms with E-state index in [2.05, 4.69) is 45.1 Å². The van der Waals surface area contributed by atoms with Crippen molar-refractivity contribution in [2.45, 2.75) is 50.0 Å². The Labute approximate surface area is 323 Å². The summed E-state index contributed by atoms with van der Waals surface area (Å²) in [7, 11) is -1.34. The summed E-state index contributed by atoms with van der Waals surface area (Å²) in [5.74, 6) is 4.01. The highest BCUT2D eigenvalue weighted by Gasteiger charge is 2.43. The first-order valence-electron chi connectivity index (χ1n) is 18.1. The van der Waals surface area contributed by atoms with E-state index in [1.165, 1.54) is 12.8 Å². The monoisotopic (exact) mass is 782 g/mol. The van der Waals surface area contributed by atoms with Crippen molar-refractivity contribution in [2.24, 2.45) is 23.7 Å². The van der Waals surface area contributed by atoms with Crippen LogP contribution in [0.15, 0.2) is 86.2 Å². The van der Waals surface area contributed by atoms with E-state index in [-0.39, 0.29) is 24.5 Å². The molecule has 10 rings (SSSR count). The standard InChI is InChI=1S/2C20H24N2O2.ClH.H2O4S/c2*1-3-13-12-22-9-7-14(13)10-19(22)20(23)16-6-8-21-18-5-4-15(24-2)11-17(16)18;;1-5(2,3)4/h2*3-6,8,11,13-14,19-20,23H,1,7,9-10,12H2,2H3;1H;(H2,1,2,3,4)/t2*13-,14-,19-,20+;;/m00../s1. The molecule has 54 heavy (non-hydrogen) atoms. The Kier molecular flexibility index (Phi) is 13.7. The molecule has 2 aromatic heterocycles. The second-order valence-electron chi connectivity index (χ2n) is 14.4. The Hall–Kier alpha value is -3.66. The Bertz CT molecular complexity index is 1900. The molecule has 6 fully saturated rings. The number of aromatic nitrogens is 2. The molecule has 292 valence electrons. The minimum atomic E-state index is -4.67. The highest BCUT2D eigenvalue weighted by molar-refractivity contribution is 7.79. The maximum Gasteiger partial charge on any atom is 0.394 e. The number of pyridine rings is 2. The highest BCUT2D eigenvalue weighted by Crippen LogP contribution is 2.43. The zero-order chi connectivity index (χ0) is 37.9. The minimum absolute atomic E-state index is 0. The van der Waals surface area contributed by atoms with Crippen LogP contribution in [-0.2, 0) is 10.4 Å². The molecule has 4 aromatic rings. The molecule has 0 unspecified atom stereocenters. The van der Waals surface area contributed by atoms with Gasteiger partial charge in [-0.15, -0.1) is 25.6 Å². The molecule has 0 spiro atoms. The van der Waals surface area contributed by atoms with Crippen molar-refractivity contribution in [1.82, 2.24) is 19.8 Å². The summed E-state index contributed by atoms with van der Waals surface area (Å²) < 4.78 is 42.3. The number of methoxy groups -OCH3 is 2. The summed E-state index contributed by atoms with van der Waals surface area (Å²) in [5.41, 5.74) is 3.69. The fourth-order valence-electron chi connectivity index (χ4n) is 8.89. The van der Waals surface area contributed by atoms with Gasteiger partial charge in [-0.25, -0.2) is 0 Å². The summed E-state index contributed by atoms with van der Waals surface area (Å²) in [5, 5.41) is 24.3. The first-order chi connectivity index (χ1) is 25.4. The fraction of sp³-hybridized carbons (Fsp3) is 0.450. The van der Waals surface area contributed by atoms with Gasteiger partial charge in [-0.05, 0) is 122 Å². The molecule has 12 nitrogen and oxygen atoms in total. The normalized spacial score (nSPS) is 28.0.